The summed E-state index contributed by atoms with van der Waals surface area (Å²) < 4.78 is 27.7. The van der Waals surface area contributed by atoms with Gasteiger partial charge in [0.05, 0.1) is 6.04 Å². The number of nitrogens with one attached hydrogen (secondary N) is 1. The maximum absolute atomic E-state index is 14.2. The van der Waals surface area contributed by atoms with Gasteiger partial charge in [0.15, 0.2) is 0 Å². The monoisotopic (exact) mass is 289 g/mol. The topological polar surface area (TPSA) is 12.0 Å². The Balaban J connectivity index is 2.59. The van der Waals surface area contributed by atoms with Crippen LogP contribution in [0.1, 0.15) is 40.8 Å². The maximum Gasteiger partial charge on any atom is 0.131 e. The zero-order valence-corrected chi connectivity index (χ0v) is 12.9. The van der Waals surface area contributed by atoms with Crippen molar-refractivity contribution in [2.24, 2.45) is 0 Å². The Labute approximate surface area is 125 Å². The lowest BCUT2D eigenvalue weighted by Crippen LogP contribution is -2.24. The van der Waals surface area contributed by atoms with E-state index in [1.807, 2.05) is 39.0 Å². The van der Waals surface area contributed by atoms with E-state index in [2.05, 4.69) is 5.32 Å². The third-order valence-corrected chi connectivity index (χ3v) is 3.95. The van der Waals surface area contributed by atoms with Crippen molar-refractivity contribution in [3.05, 3.63) is 69.8 Å². The van der Waals surface area contributed by atoms with Crippen LogP contribution >= 0.6 is 0 Å². The Morgan fingerprint density at radius 2 is 1.67 bits per heavy atom. The summed E-state index contributed by atoms with van der Waals surface area (Å²) in [5, 5.41) is 3.31. The molecule has 0 amide bonds. The summed E-state index contributed by atoms with van der Waals surface area (Å²) in [7, 11) is 0. The molecule has 2 aromatic carbocycles. The average molecular weight is 289 g/mol. The highest BCUT2D eigenvalue weighted by molar-refractivity contribution is 5.42. The van der Waals surface area contributed by atoms with Crippen LogP contribution in [0.2, 0.25) is 0 Å². The molecule has 0 bridgehead atoms. The van der Waals surface area contributed by atoms with E-state index in [4.69, 9.17) is 0 Å². The second kappa shape index (κ2) is 6.35. The fourth-order valence-electron chi connectivity index (χ4n) is 2.58. The summed E-state index contributed by atoms with van der Waals surface area (Å²) in [6, 6.07) is 8.30. The molecule has 21 heavy (non-hydrogen) atoms. The van der Waals surface area contributed by atoms with Crippen molar-refractivity contribution in [2.75, 3.05) is 6.54 Å². The van der Waals surface area contributed by atoms with Gasteiger partial charge in [-0.2, -0.15) is 0 Å². The van der Waals surface area contributed by atoms with Gasteiger partial charge in [-0.3, -0.25) is 0 Å². The van der Waals surface area contributed by atoms with Gasteiger partial charge >= 0.3 is 0 Å². The molecule has 0 saturated heterocycles. The molecular formula is C18H21F2N. The van der Waals surface area contributed by atoms with Gasteiger partial charge in [-0.1, -0.05) is 25.1 Å². The summed E-state index contributed by atoms with van der Waals surface area (Å²) in [6.07, 6.45) is 0. The summed E-state index contributed by atoms with van der Waals surface area (Å²) >= 11 is 0. The third-order valence-electron chi connectivity index (χ3n) is 3.95. The maximum atomic E-state index is 14.2. The molecule has 0 radical (unpaired) electrons. The van der Waals surface area contributed by atoms with E-state index in [1.54, 1.807) is 13.0 Å². The lowest BCUT2D eigenvalue weighted by molar-refractivity contribution is 0.536. The first-order valence-electron chi connectivity index (χ1n) is 7.20. The minimum absolute atomic E-state index is 0.269. The van der Waals surface area contributed by atoms with Crippen LogP contribution in [-0.4, -0.2) is 6.54 Å². The number of halogens is 2. The molecule has 0 fully saturated rings. The zero-order chi connectivity index (χ0) is 15.6. The van der Waals surface area contributed by atoms with Crippen LogP contribution < -0.4 is 5.32 Å². The molecule has 0 spiro atoms. The van der Waals surface area contributed by atoms with Gasteiger partial charge < -0.3 is 5.32 Å². The fraction of sp³-hybridized carbons (Fsp3) is 0.333. The molecule has 1 nitrogen and oxygen atoms in total. The molecule has 0 aliphatic carbocycles. The summed E-state index contributed by atoms with van der Waals surface area (Å²) in [6.45, 7) is 8.40. The fourth-order valence-corrected chi connectivity index (χ4v) is 2.58. The van der Waals surface area contributed by atoms with Crippen molar-refractivity contribution in [1.29, 1.82) is 0 Å². The molecule has 1 N–H and O–H groups in total. The minimum atomic E-state index is -0.509. The van der Waals surface area contributed by atoms with Crippen LogP contribution in [0, 0.1) is 32.4 Å². The Morgan fingerprint density at radius 1 is 0.952 bits per heavy atom. The summed E-state index contributed by atoms with van der Waals surface area (Å²) in [5.41, 5.74) is 4.27. The lowest BCUT2D eigenvalue weighted by atomic mass is 9.91. The summed E-state index contributed by atoms with van der Waals surface area (Å²) in [5.74, 6) is -1.02. The molecule has 0 aliphatic rings. The SMILES string of the molecule is CCNC(c1cc(C)c(F)cc1F)c1cccc(C)c1C. The van der Waals surface area contributed by atoms with Gasteiger partial charge in [-0.25, -0.2) is 8.78 Å². The molecule has 0 aliphatic heterocycles. The quantitative estimate of drug-likeness (QED) is 0.868. The molecule has 3 heteroatoms. The predicted octanol–water partition coefficient (Wildman–Crippen LogP) is 4.59. The van der Waals surface area contributed by atoms with Crippen LogP contribution in [-0.2, 0) is 0 Å². The first kappa shape index (κ1) is 15.6. The number of aryl methyl sites for hydroxylation is 2. The van der Waals surface area contributed by atoms with Gasteiger partial charge in [0.2, 0.25) is 0 Å². The molecule has 2 aromatic rings. The molecule has 0 heterocycles. The van der Waals surface area contributed by atoms with Crippen LogP contribution in [0.15, 0.2) is 30.3 Å². The second-order valence-electron chi connectivity index (χ2n) is 5.40. The Morgan fingerprint density at radius 3 is 2.33 bits per heavy atom. The van der Waals surface area contributed by atoms with Crippen LogP contribution in [0.25, 0.3) is 0 Å². The van der Waals surface area contributed by atoms with E-state index in [0.717, 1.165) is 22.8 Å². The highest BCUT2D eigenvalue weighted by Gasteiger charge is 2.20. The third kappa shape index (κ3) is 3.13. The number of benzene rings is 2. The van der Waals surface area contributed by atoms with Crippen molar-refractivity contribution >= 4 is 0 Å². The van der Waals surface area contributed by atoms with E-state index in [-0.39, 0.29) is 6.04 Å². The standard InChI is InChI=1S/C18H21F2N/c1-5-21-18(14-8-6-7-11(2)13(14)4)15-9-12(3)16(19)10-17(15)20/h6-10,18,21H,5H2,1-4H3. The van der Waals surface area contributed by atoms with Gasteiger partial charge in [0.25, 0.3) is 0 Å². The normalized spacial score (nSPS) is 12.5. The van der Waals surface area contributed by atoms with Gasteiger partial charge in [0.1, 0.15) is 11.6 Å². The minimum Gasteiger partial charge on any atom is -0.306 e. The zero-order valence-electron chi connectivity index (χ0n) is 12.9. The van der Waals surface area contributed by atoms with Crippen LogP contribution in [0.3, 0.4) is 0 Å². The molecule has 1 atom stereocenters. The van der Waals surface area contributed by atoms with E-state index >= 15 is 0 Å². The van der Waals surface area contributed by atoms with Crippen molar-refractivity contribution in [3.8, 4) is 0 Å². The number of hydrogen-bond donors (Lipinski definition) is 1. The van der Waals surface area contributed by atoms with E-state index in [1.165, 1.54) is 0 Å². The smallest absolute Gasteiger partial charge is 0.131 e. The van der Waals surface area contributed by atoms with Crippen molar-refractivity contribution in [3.63, 3.8) is 0 Å². The van der Waals surface area contributed by atoms with Gasteiger partial charge in [0, 0.05) is 11.6 Å². The van der Waals surface area contributed by atoms with Gasteiger partial charge in [-0.05, 0) is 55.6 Å². The predicted molar refractivity (Wildman–Crippen MR) is 82.5 cm³/mol. The first-order chi connectivity index (χ1) is 9.95. The van der Waals surface area contributed by atoms with Crippen LogP contribution in [0.5, 0.6) is 0 Å². The first-order valence-corrected chi connectivity index (χ1v) is 7.20. The Kier molecular flexibility index (Phi) is 4.73. The molecular weight excluding hydrogens is 268 g/mol. The largest absolute Gasteiger partial charge is 0.306 e. The average Bonchev–Trinajstić information content (AvgIpc) is 2.44. The highest BCUT2D eigenvalue weighted by Crippen LogP contribution is 2.29. The van der Waals surface area contributed by atoms with Crippen LogP contribution in [0.4, 0.5) is 8.78 Å². The summed E-state index contributed by atoms with van der Waals surface area (Å²) in [4.78, 5) is 0. The van der Waals surface area contributed by atoms with Crippen molar-refractivity contribution in [2.45, 2.75) is 33.7 Å². The van der Waals surface area contributed by atoms with Crippen molar-refractivity contribution < 1.29 is 8.78 Å². The van der Waals surface area contributed by atoms with Crippen molar-refractivity contribution in [1.82, 2.24) is 5.32 Å². The molecule has 112 valence electrons. The molecule has 1 unspecified atom stereocenters. The lowest BCUT2D eigenvalue weighted by Gasteiger charge is -2.23. The number of hydrogen-bond acceptors (Lipinski definition) is 1. The molecule has 0 saturated carbocycles. The Bertz CT molecular complexity index is 650. The highest BCUT2D eigenvalue weighted by atomic mass is 19.1. The van der Waals surface area contributed by atoms with E-state index < -0.39 is 11.6 Å². The van der Waals surface area contributed by atoms with E-state index in [9.17, 15) is 8.78 Å². The van der Waals surface area contributed by atoms with Gasteiger partial charge in [-0.15, -0.1) is 0 Å². The molecule has 2 rings (SSSR count). The van der Waals surface area contributed by atoms with E-state index in [0.29, 0.717) is 17.7 Å². The molecule has 0 aromatic heterocycles. The second-order valence-corrected chi connectivity index (χ2v) is 5.40. The Hall–Kier alpha value is -1.74. The number of rotatable bonds is 4.